The lowest BCUT2D eigenvalue weighted by Crippen LogP contribution is -2.34. The summed E-state index contributed by atoms with van der Waals surface area (Å²) in [6.45, 7) is 1.84. The summed E-state index contributed by atoms with van der Waals surface area (Å²) < 4.78 is 27.2. The molecule has 1 aromatic carbocycles. The number of fused-ring (bicyclic) bond motifs is 1. The van der Waals surface area contributed by atoms with E-state index in [2.05, 4.69) is 9.71 Å². The fraction of sp³-hybridized carbons (Fsp3) is 0.308. The van der Waals surface area contributed by atoms with Crippen LogP contribution < -0.4 is 10.5 Å². The van der Waals surface area contributed by atoms with E-state index < -0.39 is 10.0 Å². The Morgan fingerprint density at radius 2 is 2.10 bits per heavy atom. The minimum atomic E-state index is -3.51. The molecule has 0 radical (unpaired) electrons. The van der Waals surface area contributed by atoms with E-state index in [4.69, 9.17) is 5.73 Å². The van der Waals surface area contributed by atoms with Crippen LogP contribution in [0.25, 0.3) is 10.9 Å². The van der Waals surface area contributed by atoms with Gasteiger partial charge in [-0.2, -0.15) is 11.8 Å². The number of hydrogen-bond donors (Lipinski definition) is 2. The maximum atomic E-state index is 12.3. The minimum Gasteiger partial charge on any atom is -0.384 e. The van der Waals surface area contributed by atoms with Gasteiger partial charge in [0.2, 0.25) is 10.0 Å². The fourth-order valence-corrected chi connectivity index (χ4v) is 3.87. The monoisotopic (exact) mass is 311 g/mol. The molecule has 0 saturated carbocycles. The van der Waals surface area contributed by atoms with Crippen molar-refractivity contribution in [1.29, 1.82) is 0 Å². The summed E-state index contributed by atoms with van der Waals surface area (Å²) in [6, 6.07) is 8.12. The number of nitrogens with zero attached hydrogens (tertiary/aromatic N) is 1. The molecule has 0 saturated heterocycles. The Bertz CT molecular complexity index is 717. The van der Waals surface area contributed by atoms with Crippen molar-refractivity contribution in [2.75, 3.05) is 17.7 Å². The molecule has 0 amide bonds. The number of aromatic nitrogens is 1. The van der Waals surface area contributed by atoms with Gasteiger partial charge in [-0.05, 0) is 43.5 Å². The van der Waals surface area contributed by atoms with Gasteiger partial charge >= 0.3 is 0 Å². The van der Waals surface area contributed by atoms with E-state index in [1.165, 1.54) is 0 Å². The Labute approximate surface area is 123 Å². The molecule has 1 unspecified atom stereocenters. The molecule has 0 fully saturated rings. The SMILES string of the molecule is CSCC(C)NS(=O)(=O)c1ccc2nc(N)ccc2c1. The Balaban J connectivity index is 2.34. The molecule has 0 aliphatic rings. The third-order valence-corrected chi connectivity index (χ3v) is 5.19. The first-order valence-corrected chi connectivity index (χ1v) is 8.97. The van der Waals surface area contributed by atoms with Gasteiger partial charge in [0.15, 0.2) is 0 Å². The average molecular weight is 311 g/mol. The third kappa shape index (κ3) is 3.41. The zero-order valence-electron chi connectivity index (χ0n) is 11.3. The average Bonchev–Trinajstić information content (AvgIpc) is 2.37. The second kappa shape index (κ2) is 5.99. The molecular formula is C13H17N3O2S2. The Morgan fingerprint density at radius 3 is 2.80 bits per heavy atom. The second-order valence-electron chi connectivity index (χ2n) is 4.57. The Kier molecular flexibility index (Phi) is 4.52. The molecular weight excluding hydrogens is 294 g/mol. The van der Waals surface area contributed by atoms with Gasteiger partial charge in [0.05, 0.1) is 10.4 Å². The van der Waals surface area contributed by atoms with Crippen LogP contribution in [0.4, 0.5) is 5.82 Å². The summed E-state index contributed by atoms with van der Waals surface area (Å²) in [4.78, 5) is 4.39. The van der Waals surface area contributed by atoms with Gasteiger partial charge < -0.3 is 5.73 Å². The molecule has 0 aliphatic carbocycles. The summed E-state index contributed by atoms with van der Waals surface area (Å²) in [5.74, 6) is 1.14. The first-order chi connectivity index (χ1) is 9.42. The lowest BCUT2D eigenvalue weighted by molar-refractivity contribution is 0.571. The molecule has 2 aromatic rings. The van der Waals surface area contributed by atoms with Crippen LogP contribution in [0.3, 0.4) is 0 Å². The van der Waals surface area contributed by atoms with E-state index in [0.717, 1.165) is 11.1 Å². The van der Waals surface area contributed by atoms with Crippen molar-refractivity contribution in [2.24, 2.45) is 0 Å². The van der Waals surface area contributed by atoms with E-state index in [9.17, 15) is 8.42 Å². The van der Waals surface area contributed by atoms with Crippen LogP contribution in [0.15, 0.2) is 35.2 Å². The van der Waals surface area contributed by atoms with Crippen LogP contribution in [-0.4, -0.2) is 31.5 Å². The number of nitrogens with two attached hydrogens (primary N) is 1. The largest absolute Gasteiger partial charge is 0.384 e. The van der Waals surface area contributed by atoms with Gasteiger partial charge in [-0.25, -0.2) is 18.1 Å². The summed E-state index contributed by atoms with van der Waals surface area (Å²) in [5, 5.41) is 0.750. The molecule has 0 spiro atoms. The summed E-state index contributed by atoms with van der Waals surface area (Å²) in [7, 11) is -3.51. The first kappa shape index (κ1) is 15.1. The molecule has 7 heteroatoms. The number of pyridine rings is 1. The van der Waals surface area contributed by atoms with Crippen molar-refractivity contribution in [1.82, 2.24) is 9.71 Å². The molecule has 0 bridgehead atoms. The zero-order valence-corrected chi connectivity index (χ0v) is 13.0. The van der Waals surface area contributed by atoms with Crippen LogP contribution in [-0.2, 0) is 10.0 Å². The topological polar surface area (TPSA) is 85.1 Å². The highest BCUT2D eigenvalue weighted by molar-refractivity contribution is 7.98. The van der Waals surface area contributed by atoms with Crippen molar-refractivity contribution in [3.8, 4) is 0 Å². The van der Waals surface area contributed by atoms with Crippen molar-refractivity contribution in [3.05, 3.63) is 30.3 Å². The van der Waals surface area contributed by atoms with Crippen molar-refractivity contribution < 1.29 is 8.42 Å². The molecule has 1 atom stereocenters. The summed E-state index contributed by atoms with van der Waals surface area (Å²) in [6.07, 6.45) is 1.94. The number of benzene rings is 1. The third-order valence-electron chi connectivity index (χ3n) is 2.77. The molecule has 2 rings (SSSR count). The standard InChI is InChI=1S/C13H17N3O2S2/c1-9(8-19-2)16-20(17,18)11-4-5-12-10(7-11)3-6-13(14)15-12/h3-7,9,16H,8H2,1-2H3,(H2,14,15). The highest BCUT2D eigenvalue weighted by atomic mass is 32.2. The van der Waals surface area contributed by atoms with Crippen LogP contribution in [0, 0.1) is 0 Å². The highest BCUT2D eigenvalue weighted by Crippen LogP contribution is 2.19. The van der Waals surface area contributed by atoms with Gasteiger partial charge in [0, 0.05) is 17.2 Å². The van der Waals surface area contributed by atoms with E-state index in [1.807, 2.05) is 13.2 Å². The second-order valence-corrected chi connectivity index (χ2v) is 7.19. The van der Waals surface area contributed by atoms with Crippen LogP contribution >= 0.6 is 11.8 Å². The number of sulfonamides is 1. The van der Waals surface area contributed by atoms with Crippen molar-refractivity contribution >= 4 is 38.5 Å². The van der Waals surface area contributed by atoms with Gasteiger partial charge in [0.25, 0.3) is 0 Å². The van der Waals surface area contributed by atoms with Crippen LogP contribution in [0.1, 0.15) is 6.92 Å². The van der Waals surface area contributed by atoms with Gasteiger partial charge in [-0.15, -0.1) is 0 Å². The fourth-order valence-electron chi connectivity index (χ4n) is 1.90. The molecule has 0 aliphatic heterocycles. The summed E-state index contributed by atoms with van der Waals surface area (Å²) >= 11 is 1.60. The number of nitrogens with one attached hydrogen (secondary N) is 1. The van der Waals surface area contributed by atoms with Gasteiger partial charge in [-0.3, -0.25) is 0 Å². The molecule has 5 nitrogen and oxygen atoms in total. The van der Waals surface area contributed by atoms with E-state index >= 15 is 0 Å². The maximum absolute atomic E-state index is 12.3. The van der Waals surface area contributed by atoms with Crippen LogP contribution in [0.5, 0.6) is 0 Å². The number of hydrogen-bond acceptors (Lipinski definition) is 5. The van der Waals surface area contributed by atoms with Gasteiger partial charge in [0.1, 0.15) is 5.82 Å². The predicted octanol–water partition coefficient (Wildman–Crippen LogP) is 1.85. The lowest BCUT2D eigenvalue weighted by atomic mass is 10.2. The predicted molar refractivity (Wildman–Crippen MR) is 84.3 cm³/mol. The Hall–Kier alpha value is -1.31. The first-order valence-electron chi connectivity index (χ1n) is 6.10. The molecule has 3 N–H and O–H groups in total. The zero-order chi connectivity index (χ0) is 14.8. The smallest absolute Gasteiger partial charge is 0.240 e. The van der Waals surface area contributed by atoms with Crippen molar-refractivity contribution in [2.45, 2.75) is 17.9 Å². The van der Waals surface area contributed by atoms with E-state index in [0.29, 0.717) is 11.3 Å². The number of rotatable bonds is 5. The lowest BCUT2D eigenvalue weighted by Gasteiger charge is -2.13. The van der Waals surface area contributed by atoms with Crippen LogP contribution in [0.2, 0.25) is 0 Å². The quantitative estimate of drug-likeness (QED) is 0.880. The number of nitrogen functional groups attached to an aromatic ring is 1. The summed E-state index contributed by atoms with van der Waals surface area (Å²) in [5.41, 5.74) is 6.28. The Morgan fingerprint density at radius 1 is 1.35 bits per heavy atom. The normalized spacial score (nSPS) is 13.5. The molecule has 20 heavy (non-hydrogen) atoms. The maximum Gasteiger partial charge on any atom is 0.240 e. The molecule has 108 valence electrons. The van der Waals surface area contributed by atoms with E-state index in [-0.39, 0.29) is 10.9 Å². The van der Waals surface area contributed by atoms with E-state index in [1.54, 1.807) is 42.1 Å². The molecule has 1 aromatic heterocycles. The van der Waals surface area contributed by atoms with Crippen molar-refractivity contribution in [3.63, 3.8) is 0 Å². The van der Waals surface area contributed by atoms with Gasteiger partial charge in [-0.1, -0.05) is 0 Å². The minimum absolute atomic E-state index is 0.116. The molecule has 1 heterocycles. The number of anilines is 1. The number of thioether (sulfide) groups is 1. The highest BCUT2D eigenvalue weighted by Gasteiger charge is 2.17.